The second-order valence-corrected chi connectivity index (χ2v) is 6.05. The van der Waals surface area contributed by atoms with Crippen LogP contribution < -0.4 is 5.32 Å². The molecule has 0 saturated carbocycles. The molecule has 106 valence electrons. The molecule has 2 aliphatic rings. The number of carbonyl (C=O) groups is 1. The summed E-state index contributed by atoms with van der Waals surface area (Å²) in [5.41, 5.74) is 0. The van der Waals surface area contributed by atoms with Gasteiger partial charge in [-0.15, -0.1) is 0 Å². The van der Waals surface area contributed by atoms with Gasteiger partial charge in [0.05, 0.1) is 6.07 Å². The zero-order chi connectivity index (χ0) is 13.8. The first-order valence-electron chi connectivity index (χ1n) is 7.57. The third-order valence-electron chi connectivity index (χ3n) is 4.74. The maximum Gasteiger partial charge on any atom is 0.237 e. The topological polar surface area (TPSA) is 56.1 Å². The summed E-state index contributed by atoms with van der Waals surface area (Å²) in [7, 11) is 2.21. The number of carbonyl (C=O) groups excluding carboxylic acids is 1. The average molecular weight is 263 g/mol. The van der Waals surface area contributed by atoms with Gasteiger partial charge in [0, 0.05) is 18.1 Å². The quantitative estimate of drug-likeness (QED) is 0.844. The number of rotatable bonds is 4. The van der Waals surface area contributed by atoms with E-state index in [4.69, 9.17) is 5.26 Å². The Labute approximate surface area is 116 Å². The fourth-order valence-electron chi connectivity index (χ4n) is 3.58. The molecule has 4 nitrogen and oxygen atoms in total. The van der Waals surface area contributed by atoms with E-state index in [0.717, 1.165) is 19.3 Å². The van der Waals surface area contributed by atoms with Gasteiger partial charge in [0.1, 0.15) is 5.92 Å². The van der Waals surface area contributed by atoms with Crippen LogP contribution in [0, 0.1) is 17.2 Å². The molecule has 2 saturated heterocycles. The molecule has 0 aliphatic carbocycles. The van der Waals surface area contributed by atoms with Crippen LogP contribution in [0.2, 0.25) is 0 Å². The Hall–Kier alpha value is -1.08. The lowest BCUT2D eigenvalue weighted by Crippen LogP contribution is -2.55. The van der Waals surface area contributed by atoms with E-state index in [2.05, 4.69) is 23.3 Å². The molecule has 2 bridgehead atoms. The molecule has 2 aliphatic heterocycles. The van der Waals surface area contributed by atoms with E-state index in [0.29, 0.717) is 18.5 Å². The number of nitriles is 1. The molecule has 4 heteroatoms. The van der Waals surface area contributed by atoms with Crippen LogP contribution in [0.5, 0.6) is 0 Å². The predicted octanol–water partition coefficient (Wildman–Crippen LogP) is 2.06. The lowest BCUT2D eigenvalue weighted by molar-refractivity contribution is -0.125. The molecule has 0 aromatic rings. The molecule has 2 rings (SSSR count). The number of hydrogen-bond acceptors (Lipinski definition) is 3. The smallest absolute Gasteiger partial charge is 0.237 e. The molecule has 3 atom stereocenters. The Kier molecular flexibility index (Phi) is 4.81. The van der Waals surface area contributed by atoms with Gasteiger partial charge in [-0.3, -0.25) is 4.79 Å². The molecular formula is C15H25N3O. The minimum Gasteiger partial charge on any atom is -0.352 e. The van der Waals surface area contributed by atoms with E-state index in [-0.39, 0.29) is 11.9 Å². The summed E-state index contributed by atoms with van der Waals surface area (Å²) < 4.78 is 0. The second kappa shape index (κ2) is 6.38. The van der Waals surface area contributed by atoms with E-state index in [1.165, 1.54) is 19.3 Å². The summed E-state index contributed by atoms with van der Waals surface area (Å²) in [6.45, 7) is 2.01. The maximum absolute atomic E-state index is 12.1. The highest BCUT2D eigenvalue weighted by Gasteiger charge is 2.36. The van der Waals surface area contributed by atoms with Gasteiger partial charge in [0.2, 0.25) is 5.91 Å². The van der Waals surface area contributed by atoms with Crippen LogP contribution in [0.4, 0.5) is 0 Å². The van der Waals surface area contributed by atoms with Crippen molar-refractivity contribution in [2.24, 2.45) is 5.92 Å². The van der Waals surface area contributed by atoms with Crippen molar-refractivity contribution in [1.82, 2.24) is 10.2 Å². The number of hydrogen-bond donors (Lipinski definition) is 1. The predicted molar refractivity (Wildman–Crippen MR) is 74.4 cm³/mol. The van der Waals surface area contributed by atoms with Crippen LogP contribution in [-0.4, -0.2) is 36.0 Å². The second-order valence-electron chi connectivity index (χ2n) is 6.05. The minimum absolute atomic E-state index is 0.0584. The first kappa shape index (κ1) is 14.3. The number of piperidine rings is 2. The van der Waals surface area contributed by atoms with E-state index in [1.807, 2.05) is 6.92 Å². The van der Waals surface area contributed by atoms with E-state index >= 15 is 0 Å². The standard InChI is InChI=1S/C15H25N3O/c1-3-5-11(10-16)15(19)17-12-8-13-6-4-7-14(9-12)18(13)2/h11-14H,3-9H2,1-2H3,(H,17,19). The zero-order valence-electron chi connectivity index (χ0n) is 12.1. The van der Waals surface area contributed by atoms with Gasteiger partial charge in [-0.2, -0.15) is 5.26 Å². The van der Waals surface area contributed by atoms with Crippen molar-refractivity contribution < 1.29 is 4.79 Å². The molecule has 1 N–H and O–H groups in total. The first-order chi connectivity index (χ1) is 9.15. The molecule has 0 aromatic heterocycles. The summed E-state index contributed by atoms with van der Waals surface area (Å²) in [6.07, 6.45) is 7.45. The van der Waals surface area contributed by atoms with Crippen molar-refractivity contribution in [2.45, 2.75) is 70.0 Å². The van der Waals surface area contributed by atoms with E-state index in [1.54, 1.807) is 0 Å². The van der Waals surface area contributed by atoms with Crippen LogP contribution in [0.15, 0.2) is 0 Å². The fraction of sp³-hybridized carbons (Fsp3) is 0.867. The largest absolute Gasteiger partial charge is 0.352 e. The van der Waals surface area contributed by atoms with Gasteiger partial charge < -0.3 is 10.2 Å². The van der Waals surface area contributed by atoms with Gasteiger partial charge >= 0.3 is 0 Å². The van der Waals surface area contributed by atoms with Crippen LogP contribution in [0.1, 0.15) is 51.9 Å². The normalized spacial score (nSPS) is 32.4. The molecule has 0 spiro atoms. The summed E-state index contributed by atoms with van der Waals surface area (Å²) in [5, 5.41) is 12.2. The van der Waals surface area contributed by atoms with Gasteiger partial charge in [-0.25, -0.2) is 0 Å². The average Bonchev–Trinajstić information content (AvgIpc) is 2.37. The van der Waals surface area contributed by atoms with Crippen LogP contribution in [0.3, 0.4) is 0 Å². The Bertz CT molecular complexity index is 349. The summed E-state index contributed by atoms with van der Waals surface area (Å²) in [4.78, 5) is 14.6. The third kappa shape index (κ3) is 3.27. The molecule has 1 amide bonds. The van der Waals surface area contributed by atoms with Crippen molar-refractivity contribution in [3.63, 3.8) is 0 Å². The lowest BCUT2D eigenvalue weighted by Gasteiger charge is -2.47. The molecule has 0 radical (unpaired) electrons. The Balaban J connectivity index is 1.90. The molecule has 2 heterocycles. The highest BCUT2D eigenvalue weighted by molar-refractivity contribution is 5.81. The van der Waals surface area contributed by atoms with Gasteiger partial charge in [0.15, 0.2) is 0 Å². The Morgan fingerprint density at radius 2 is 2.05 bits per heavy atom. The minimum atomic E-state index is -0.468. The Morgan fingerprint density at radius 1 is 1.42 bits per heavy atom. The number of fused-ring (bicyclic) bond motifs is 2. The monoisotopic (exact) mass is 263 g/mol. The summed E-state index contributed by atoms with van der Waals surface area (Å²) in [6, 6.07) is 3.63. The molecule has 3 unspecified atom stereocenters. The van der Waals surface area contributed by atoms with Crippen molar-refractivity contribution in [1.29, 1.82) is 5.26 Å². The SMILES string of the molecule is CCCC(C#N)C(=O)NC1CC2CCCC(C1)N2C. The lowest BCUT2D eigenvalue weighted by atomic mass is 9.82. The highest BCUT2D eigenvalue weighted by atomic mass is 16.1. The number of nitrogens with zero attached hydrogens (tertiary/aromatic N) is 2. The molecule has 19 heavy (non-hydrogen) atoms. The summed E-state index contributed by atoms with van der Waals surface area (Å²) in [5.74, 6) is -0.526. The van der Waals surface area contributed by atoms with Crippen LogP contribution in [-0.2, 0) is 4.79 Å². The number of nitrogens with one attached hydrogen (secondary N) is 1. The van der Waals surface area contributed by atoms with Gasteiger partial charge in [-0.05, 0) is 39.2 Å². The molecular weight excluding hydrogens is 238 g/mol. The van der Waals surface area contributed by atoms with Gasteiger partial charge in [0.25, 0.3) is 0 Å². The zero-order valence-corrected chi connectivity index (χ0v) is 12.1. The molecule has 2 fully saturated rings. The number of amides is 1. The fourth-order valence-corrected chi connectivity index (χ4v) is 3.58. The third-order valence-corrected chi connectivity index (χ3v) is 4.74. The van der Waals surface area contributed by atoms with Crippen molar-refractivity contribution >= 4 is 5.91 Å². The van der Waals surface area contributed by atoms with Crippen LogP contribution in [0.25, 0.3) is 0 Å². The van der Waals surface area contributed by atoms with Crippen LogP contribution >= 0.6 is 0 Å². The van der Waals surface area contributed by atoms with Gasteiger partial charge in [-0.1, -0.05) is 19.8 Å². The first-order valence-corrected chi connectivity index (χ1v) is 7.57. The summed E-state index contributed by atoms with van der Waals surface area (Å²) >= 11 is 0. The van der Waals surface area contributed by atoms with E-state index < -0.39 is 5.92 Å². The maximum atomic E-state index is 12.1. The Morgan fingerprint density at radius 3 is 2.58 bits per heavy atom. The van der Waals surface area contributed by atoms with Crippen molar-refractivity contribution in [3.8, 4) is 6.07 Å². The van der Waals surface area contributed by atoms with E-state index in [9.17, 15) is 4.79 Å². The highest BCUT2D eigenvalue weighted by Crippen LogP contribution is 2.32. The van der Waals surface area contributed by atoms with Crippen molar-refractivity contribution in [3.05, 3.63) is 0 Å². The van der Waals surface area contributed by atoms with Crippen molar-refractivity contribution in [2.75, 3.05) is 7.05 Å². The molecule has 0 aromatic carbocycles.